The summed E-state index contributed by atoms with van der Waals surface area (Å²) in [5, 5.41) is 0. The number of rotatable bonds is 2. The standard InChI is InChI=1S/C14H22N2O2S/c1-10-7-12(15)11(2)13(8-10)19(17,18)16-6-5-14(3,4)9-16/h7-8H,5-6,9,15H2,1-4H3. The molecule has 1 heterocycles. The Morgan fingerprint density at radius 1 is 1.26 bits per heavy atom. The lowest BCUT2D eigenvalue weighted by atomic mass is 9.93. The number of sulfonamides is 1. The monoisotopic (exact) mass is 282 g/mol. The third-order valence-corrected chi connectivity index (χ3v) is 5.78. The number of nitrogens with two attached hydrogens (primary N) is 1. The molecule has 1 aromatic rings. The Labute approximate surface area is 115 Å². The van der Waals surface area contributed by atoms with Gasteiger partial charge in [-0.3, -0.25) is 0 Å². The largest absolute Gasteiger partial charge is 0.398 e. The van der Waals surface area contributed by atoms with Gasteiger partial charge in [0.25, 0.3) is 0 Å². The highest BCUT2D eigenvalue weighted by Crippen LogP contribution is 2.34. The van der Waals surface area contributed by atoms with Gasteiger partial charge in [0, 0.05) is 18.8 Å². The second-order valence-electron chi connectivity index (χ2n) is 6.23. The van der Waals surface area contributed by atoms with E-state index in [0.29, 0.717) is 29.2 Å². The summed E-state index contributed by atoms with van der Waals surface area (Å²) in [6.07, 6.45) is 0.895. The number of benzene rings is 1. The summed E-state index contributed by atoms with van der Waals surface area (Å²) in [6, 6.07) is 3.52. The van der Waals surface area contributed by atoms with Gasteiger partial charge < -0.3 is 5.73 Å². The molecule has 0 radical (unpaired) electrons. The van der Waals surface area contributed by atoms with E-state index in [1.807, 2.05) is 13.0 Å². The minimum atomic E-state index is -3.43. The minimum absolute atomic E-state index is 0.0519. The predicted molar refractivity (Wildman–Crippen MR) is 77.5 cm³/mol. The SMILES string of the molecule is Cc1cc(N)c(C)c(S(=O)(=O)N2CCC(C)(C)C2)c1. The van der Waals surface area contributed by atoms with Crippen molar-refractivity contribution < 1.29 is 8.42 Å². The van der Waals surface area contributed by atoms with Gasteiger partial charge in [0.2, 0.25) is 10.0 Å². The number of hydrogen-bond donors (Lipinski definition) is 1. The van der Waals surface area contributed by atoms with Crippen LogP contribution in [0.25, 0.3) is 0 Å². The van der Waals surface area contributed by atoms with Crippen molar-refractivity contribution in [1.29, 1.82) is 0 Å². The smallest absolute Gasteiger partial charge is 0.243 e. The molecule has 0 unspecified atom stereocenters. The Morgan fingerprint density at radius 3 is 2.42 bits per heavy atom. The van der Waals surface area contributed by atoms with Crippen LogP contribution in [0.2, 0.25) is 0 Å². The molecule has 4 nitrogen and oxygen atoms in total. The topological polar surface area (TPSA) is 63.4 Å². The average molecular weight is 282 g/mol. The zero-order valence-electron chi connectivity index (χ0n) is 12.0. The van der Waals surface area contributed by atoms with Crippen molar-refractivity contribution in [2.75, 3.05) is 18.8 Å². The van der Waals surface area contributed by atoms with Gasteiger partial charge in [0.15, 0.2) is 0 Å². The van der Waals surface area contributed by atoms with Gasteiger partial charge >= 0.3 is 0 Å². The lowest BCUT2D eigenvalue weighted by Gasteiger charge is -2.21. The molecule has 0 aliphatic carbocycles. The molecule has 0 saturated carbocycles. The molecule has 0 aromatic heterocycles. The molecule has 1 aromatic carbocycles. The van der Waals surface area contributed by atoms with E-state index in [0.717, 1.165) is 12.0 Å². The summed E-state index contributed by atoms with van der Waals surface area (Å²) in [5.74, 6) is 0. The molecule has 2 N–H and O–H groups in total. The molecule has 0 atom stereocenters. The lowest BCUT2D eigenvalue weighted by molar-refractivity contribution is 0.375. The van der Waals surface area contributed by atoms with Gasteiger partial charge in [-0.15, -0.1) is 0 Å². The second-order valence-corrected chi connectivity index (χ2v) is 8.14. The van der Waals surface area contributed by atoms with Gasteiger partial charge in [-0.25, -0.2) is 8.42 Å². The molecule has 0 spiro atoms. The molecule has 1 aliphatic heterocycles. The van der Waals surface area contributed by atoms with E-state index in [9.17, 15) is 8.42 Å². The molecule has 2 rings (SSSR count). The highest BCUT2D eigenvalue weighted by atomic mass is 32.2. The van der Waals surface area contributed by atoms with Gasteiger partial charge in [0.05, 0.1) is 4.90 Å². The molecule has 19 heavy (non-hydrogen) atoms. The van der Waals surface area contributed by atoms with Crippen LogP contribution in [0, 0.1) is 19.3 Å². The van der Waals surface area contributed by atoms with E-state index in [-0.39, 0.29) is 5.41 Å². The second kappa shape index (κ2) is 4.49. The van der Waals surface area contributed by atoms with Crippen molar-refractivity contribution in [3.8, 4) is 0 Å². The maximum Gasteiger partial charge on any atom is 0.243 e. The minimum Gasteiger partial charge on any atom is -0.398 e. The highest BCUT2D eigenvalue weighted by molar-refractivity contribution is 7.89. The molecular weight excluding hydrogens is 260 g/mol. The Balaban J connectivity index is 2.47. The molecule has 1 aliphatic rings. The maximum atomic E-state index is 12.7. The quantitative estimate of drug-likeness (QED) is 0.847. The van der Waals surface area contributed by atoms with Gasteiger partial charge in [-0.05, 0) is 48.9 Å². The van der Waals surface area contributed by atoms with E-state index in [1.165, 1.54) is 0 Å². The van der Waals surface area contributed by atoms with Crippen LogP contribution in [0.3, 0.4) is 0 Å². The van der Waals surface area contributed by atoms with Crippen molar-refractivity contribution in [2.24, 2.45) is 5.41 Å². The van der Waals surface area contributed by atoms with Gasteiger partial charge in [0.1, 0.15) is 0 Å². The highest BCUT2D eigenvalue weighted by Gasteiger charge is 2.37. The fourth-order valence-corrected chi connectivity index (χ4v) is 4.50. The van der Waals surface area contributed by atoms with Crippen LogP contribution in [-0.2, 0) is 10.0 Å². The number of nitrogen functional groups attached to an aromatic ring is 1. The zero-order valence-corrected chi connectivity index (χ0v) is 12.8. The number of nitrogens with zero attached hydrogens (tertiary/aromatic N) is 1. The van der Waals surface area contributed by atoms with Crippen molar-refractivity contribution in [3.63, 3.8) is 0 Å². The van der Waals surface area contributed by atoms with Crippen LogP contribution >= 0.6 is 0 Å². The van der Waals surface area contributed by atoms with Crippen molar-refractivity contribution >= 4 is 15.7 Å². The van der Waals surface area contributed by atoms with Crippen LogP contribution < -0.4 is 5.73 Å². The van der Waals surface area contributed by atoms with Gasteiger partial charge in [-0.1, -0.05) is 13.8 Å². The van der Waals surface area contributed by atoms with Crippen molar-refractivity contribution in [1.82, 2.24) is 4.31 Å². The fraction of sp³-hybridized carbons (Fsp3) is 0.571. The summed E-state index contributed by atoms with van der Waals surface area (Å²) < 4.78 is 27.0. The zero-order chi connectivity index (χ0) is 14.4. The fourth-order valence-electron chi connectivity index (χ4n) is 2.53. The molecule has 1 saturated heterocycles. The maximum absolute atomic E-state index is 12.7. The third kappa shape index (κ3) is 2.62. The number of anilines is 1. The number of hydrogen-bond acceptors (Lipinski definition) is 3. The van der Waals surface area contributed by atoms with E-state index >= 15 is 0 Å². The Bertz CT molecular complexity index is 606. The first-order valence-corrected chi connectivity index (χ1v) is 7.94. The first-order chi connectivity index (χ1) is 8.63. The van der Waals surface area contributed by atoms with Crippen molar-refractivity contribution in [2.45, 2.75) is 39.0 Å². The van der Waals surface area contributed by atoms with E-state index < -0.39 is 10.0 Å². The predicted octanol–water partition coefficient (Wildman–Crippen LogP) is 2.31. The Kier molecular flexibility index (Phi) is 3.39. The molecule has 0 bridgehead atoms. The summed E-state index contributed by atoms with van der Waals surface area (Å²) in [6.45, 7) is 8.98. The Morgan fingerprint density at radius 2 is 1.89 bits per heavy atom. The number of aryl methyl sites for hydroxylation is 1. The summed E-state index contributed by atoms with van der Waals surface area (Å²) in [7, 11) is -3.43. The molecule has 106 valence electrons. The van der Waals surface area contributed by atoms with Gasteiger partial charge in [-0.2, -0.15) is 4.31 Å². The van der Waals surface area contributed by atoms with E-state index in [1.54, 1.807) is 17.3 Å². The molecule has 5 heteroatoms. The summed E-state index contributed by atoms with van der Waals surface area (Å²) >= 11 is 0. The third-order valence-electron chi connectivity index (χ3n) is 3.80. The molecular formula is C14H22N2O2S. The summed E-state index contributed by atoms with van der Waals surface area (Å²) in [5.41, 5.74) is 8.00. The van der Waals surface area contributed by atoms with Crippen LogP contribution in [0.15, 0.2) is 17.0 Å². The normalized spacial score (nSPS) is 19.8. The van der Waals surface area contributed by atoms with Crippen molar-refractivity contribution in [3.05, 3.63) is 23.3 Å². The first-order valence-electron chi connectivity index (χ1n) is 6.50. The Hall–Kier alpha value is -1.07. The van der Waals surface area contributed by atoms with E-state index in [4.69, 9.17) is 5.73 Å². The summed E-state index contributed by atoms with van der Waals surface area (Å²) in [4.78, 5) is 0.350. The molecule has 1 fully saturated rings. The van der Waals surface area contributed by atoms with Crippen LogP contribution in [0.1, 0.15) is 31.4 Å². The van der Waals surface area contributed by atoms with Crippen LogP contribution in [0.4, 0.5) is 5.69 Å². The van der Waals surface area contributed by atoms with E-state index in [2.05, 4.69) is 13.8 Å². The van der Waals surface area contributed by atoms with Crippen LogP contribution in [-0.4, -0.2) is 25.8 Å². The first kappa shape index (κ1) is 14.3. The van der Waals surface area contributed by atoms with Crippen LogP contribution in [0.5, 0.6) is 0 Å². The lowest BCUT2D eigenvalue weighted by Crippen LogP contribution is -2.31. The average Bonchev–Trinajstić information content (AvgIpc) is 2.64. The molecule has 0 amide bonds.